The van der Waals surface area contributed by atoms with Crippen molar-refractivity contribution in [1.82, 2.24) is 4.90 Å². The number of carbonyl (C=O) groups excluding carboxylic acids is 1. The molecule has 1 saturated heterocycles. The Morgan fingerprint density at radius 3 is 2.48 bits per heavy atom. The Morgan fingerprint density at radius 2 is 1.90 bits per heavy atom. The highest BCUT2D eigenvalue weighted by molar-refractivity contribution is 5.96. The van der Waals surface area contributed by atoms with Gasteiger partial charge in [-0.05, 0) is 30.9 Å². The van der Waals surface area contributed by atoms with Gasteiger partial charge in [0.2, 0.25) is 0 Å². The number of methoxy groups -OCH3 is 1. The van der Waals surface area contributed by atoms with Crippen LogP contribution in [0.2, 0.25) is 0 Å². The van der Waals surface area contributed by atoms with E-state index < -0.39 is 17.6 Å². The molecule has 2 rings (SSSR count). The van der Waals surface area contributed by atoms with Crippen LogP contribution in [0.4, 0.5) is 13.2 Å². The fourth-order valence-corrected chi connectivity index (χ4v) is 2.63. The van der Waals surface area contributed by atoms with Crippen molar-refractivity contribution in [3.63, 3.8) is 0 Å². The van der Waals surface area contributed by atoms with E-state index in [-0.39, 0.29) is 5.56 Å². The molecule has 0 aliphatic carbocycles. The lowest BCUT2D eigenvalue weighted by Crippen LogP contribution is -2.40. The van der Waals surface area contributed by atoms with Gasteiger partial charge in [-0.3, -0.25) is 4.79 Å². The smallest absolute Gasteiger partial charge is 0.384 e. The summed E-state index contributed by atoms with van der Waals surface area (Å²) in [5, 5.41) is 0. The number of halogens is 3. The van der Waals surface area contributed by atoms with Crippen LogP contribution in [-0.4, -0.2) is 37.6 Å². The normalized spacial score (nSPS) is 17.0. The number of hydrogen-bond acceptors (Lipinski definition) is 2. The lowest BCUT2D eigenvalue weighted by molar-refractivity contribution is -0.138. The molecule has 1 aromatic carbocycles. The minimum Gasteiger partial charge on any atom is -0.384 e. The van der Waals surface area contributed by atoms with Gasteiger partial charge in [0.1, 0.15) is 0 Å². The van der Waals surface area contributed by atoms with Crippen molar-refractivity contribution in [3.05, 3.63) is 35.4 Å². The topological polar surface area (TPSA) is 29.5 Å². The monoisotopic (exact) mass is 301 g/mol. The zero-order valence-electron chi connectivity index (χ0n) is 11.8. The Hall–Kier alpha value is -1.56. The molecule has 6 heteroatoms. The Kier molecular flexibility index (Phi) is 4.88. The number of piperidine rings is 1. The summed E-state index contributed by atoms with van der Waals surface area (Å²) in [4.78, 5) is 13.8. The molecule has 1 fully saturated rings. The number of alkyl halides is 3. The minimum atomic E-state index is -4.51. The Morgan fingerprint density at radius 1 is 1.29 bits per heavy atom. The molecule has 1 heterocycles. The van der Waals surface area contributed by atoms with Crippen molar-refractivity contribution in [2.45, 2.75) is 19.0 Å². The van der Waals surface area contributed by atoms with Crippen molar-refractivity contribution in [3.8, 4) is 0 Å². The molecule has 0 atom stereocenters. The van der Waals surface area contributed by atoms with Crippen molar-refractivity contribution in [1.29, 1.82) is 0 Å². The maximum absolute atomic E-state index is 13.0. The van der Waals surface area contributed by atoms with E-state index >= 15 is 0 Å². The van der Waals surface area contributed by atoms with Crippen LogP contribution in [0.5, 0.6) is 0 Å². The second-order valence-electron chi connectivity index (χ2n) is 5.23. The molecule has 3 nitrogen and oxygen atoms in total. The molecular weight excluding hydrogens is 283 g/mol. The highest BCUT2D eigenvalue weighted by Crippen LogP contribution is 2.32. The third kappa shape index (κ3) is 3.75. The third-order valence-corrected chi connectivity index (χ3v) is 3.77. The van der Waals surface area contributed by atoms with E-state index in [1.165, 1.54) is 23.1 Å². The number of carbonyl (C=O) groups is 1. The fraction of sp³-hybridized carbons (Fsp3) is 0.533. The molecule has 0 spiro atoms. The summed E-state index contributed by atoms with van der Waals surface area (Å²) in [5.41, 5.74) is -1.13. The molecule has 116 valence electrons. The summed E-state index contributed by atoms with van der Waals surface area (Å²) >= 11 is 0. The van der Waals surface area contributed by atoms with E-state index in [1.54, 1.807) is 7.11 Å². The molecule has 0 bridgehead atoms. The average molecular weight is 301 g/mol. The number of ether oxygens (including phenoxy) is 1. The summed E-state index contributed by atoms with van der Waals surface area (Å²) < 4.78 is 43.9. The predicted molar refractivity (Wildman–Crippen MR) is 71.9 cm³/mol. The van der Waals surface area contributed by atoms with Gasteiger partial charge >= 0.3 is 6.18 Å². The van der Waals surface area contributed by atoms with E-state index in [9.17, 15) is 18.0 Å². The lowest BCUT2D eigenvalue weighted by atomic mass is 9.96. The molecule has 0 N–H and O–H groups in total. The van der Waals surface area contributed by atoms with Crippen LogP contribution in [0.15, 0.2) is 24.3 Å². The van der Waals surface area contributed by atoms with E-state index in [4.69, 9.17) is 4.74 Å². The molecule has 0 radical (unpaired) electrons. The zero-order valence-corrected chi connectivity index (χ0v) is 11.8. The second-order valence-corrected chi connectivity index (χ2v) is 5.23. The SMILES string of the molecule is COCC1CCN(C(=O)c2ccccc2C(F)(F)F)CC1. The summed E-state index contributed by atoms with van der Waals surface area (Å²) in [6, 6.07) is 4.95. The molecular formula is C15H18F3NO2. The van der Waals surface area contributed by atoms with E-state index in [0.717, 1.165) is 18.9 Å². The number of rotatable bonds is 3. The molecule has 1 amide bonds. The Balaban J connectivity index is 2.12. The summed E-state index contributed by atoms with van der Waals surface area (Å²) in [5.74, 6) is -0.171. The number of likely N-dealkylation sites (tertiary alicyclic amines) is 1. The first-order chi connectivity index (χ1) is 9.93. The van der Waals surface area contributed by atoms with Gasteiger partial charge in [0.15, 0.2) is 0 Å². The summed E-state index contributed by atoms with van der Waals surface area (Å²) in [7, 11) is 1.62. The number of amides is 1. The minimum absolute atomic E-state index is 0.268. The molecule has 21 heavy (non-hydrogen) atoms. The van der Waals surface area contributed by atoms with Crippen LogP contribution >= 0.6 is 0 Å². The summed E-state index contributed by atoms with van der Waals surface area (Å²) in [6.07, 6.45) is -3.00. The first kappa shape index (κ1) is 15.8. The van der Waals surface area contributed by atoms with Crippen molar-refractivity contribution >= 4 is 5.91 Å². The largest absolute Gasteiger partial charge is 0.417 e. The molecule has 1 aromatic rings. The van der Waals surface area contributed by atoms with Gasteiger partial charge in [0.25, 0.3) is 5.91 Å². The van der Waals surface area contributed by atoms with E-state index in [0.29, 0.717) is 25.6 Å². The third-order valence-electron chi connectivity index (χ3n) is 3.77. The molecule has 1 aliphatic rings. The van der Waals surface area contributed by atoms with Crippen LogP contribution in [0.1, 0.15) is 28.8 Å². The van der Waals surface area contributed by atoms with Crippen molar-refractivity contribution in [2.24, 2.45) is 5.92 Å². The quantitative estimate of drug-likeness (QED) is 0.858. The highest BCUT2D eigenvalue weighted by atomic mass is 19.4. The van der Waals surface area contributed by atoms with Crippen LogP contribution in [0.25, 0.3) is 0 Å². The Labute approximate surface area is 121 Å². The molecule has 0 unspecified atom stereocenters. The fourth-order valence-electron chi connectivity index (χ4n) is 2.63. The molecule has 0 saturated carbocycles. The number of hydrogen-bond donors (Lipinski definition) is 0. The molecule has 1 aliphatic heterocycles. The predicted octanol–water partition coefficient (Wildman–Crippen LogP) is 3.20. The lowest BCUT2D eigenvalue weighted by Gasteiger charge is -2.32. The first-order valence-corrected chi connectivity index (χ1v) is 6.88. The standard InChI is InChI=1S/C15H18F3NO2/c1-21-10-11-6-8-19(9-7-11)14(20)12-4-2-3-5-13(12)15(16,17)18/h2-5,11H,6-10H2,1H3. The first-order valence-electron chi connectivity index (χ1n) is 6.88. The van der Waals surface area contributed by atoms with Crippen molar-refractivity contribution in [2.75, 3.05) is 26.8 Å². The van der Waals surface area contributed by atoms with E-state index in [2.05, 4.69) is 0 Å². The van der Waals surface area contributed by atoms with E-state index in [1.807, 2.05) is 0 Å². The number of benzene rings is 1. The average Bonchev–Trinajstić information content (AvgIpc) is 2.47. The van der Waals surface area contributed by atoms with Crippen LogP contribution < -0.4 is 0 Å². The van der Waals surface area contributed by atoms with Crippen LogP contribution in [0.3, 0.4) is 0 Å². The number of nitrogens with zero attached hydrogens (tertiary/aromatic N) is 1. The Bertz CT molecular complexity index is 494. The maximum atomic E-state index is 13.0. The van der Waals surface area contributed by atoms with Crippen LogP contribution in [-0.2, 0) is 10.9 Å². The second kappa shape index (κ2) is 6.47. The van der Waals surface area contributed by atoms with Crippen molar-refractivity contribution < 1.29 is 22.7 Å². The highest BCUT2D eigenvalue weighted by Gasteiger charge is 2.36. The van der Waals surface area contributed by atoms with Gasteiger partial charge in [-0.1, -0.05) is 12.1 Å². The van der Waals surface area contributed by atoms with Gasteiger partial charge < -0.3 is 9.64 Å². The zero-order chi connectivity index (χ0) is 15.5. The maximum Gasteiger partial charge on any atom is 0.417 e. The van der Waals surface area contributed by atoms with Gasteiger partial charge in [-0.15, -0.1) is 0 Å². The van der Waals surface area contributed by atoms with Gasteiger partial charge in [-0.25, -0.2) is 0 Å². The summed E-state index contributed by atoms with van der Waals surface area (Å²) in [6.45, 7) is 1.57. The van der Waals surface area contributed by atoms with Gasteiger partial charge in [0, 0.05) is 26.8 Å². The molecule has 0 aromatic heterocycles. The van der Waals surface area contributed by atoms with Gasteiger partial charge in [-0.2, -0.15) is 13.2 Å². The van der Waals surface area contributed by atoms with Crippen LogP contribution in [0, 0.1) is 5.92 Å². The van der Waals surface area contributed by atoms with Gasteiger partial charge in [0.05, 0.1) is 11.1 Å².